The molecule has 2 aliphatic rings. The number of nitrogens with zero attached hydrogens (tertiary/aromatic N) is 5. The predicted molar refractivity (Wildman–Crippen MR) is 256 cm³/mol. The highest BCUT2D eigenvalue weighted by atomic mass is 15.3. The van der Waals surface area contributed by atoms with E-state index in [1.165, 1.54) is 50.1 Å². The summed E-state index contributed by atoms with van der Waals surface area (Å²) in [6.07, 6.45) is 0. The number of hydrogen-bond acceptors (Lipinski definition) is 3. The van der Waals surface area contributed by atoms with E-state index in [1.807, 2.05) is 18.2 Å². The van der Waals surface area contributed by atoms with Gasteiger partial charge in [0.2, 0.25) is 11.9 Å². The first-order valence-corrected chi connectivity index (χ1v) is 21.5. The molecule has 0 fully saturated rings. The highest BCUT2D eigenvalue weighted by Gasteiger charge is 2.51. The molecular formula is C58H35N5. The Morgan fingerprint density at radius 3 is 1.27 bits per heavy atom. The molecule has 0 amide bonds. The second-order valence-electron chi connectivity index (χ2n) is 16.7. The van der Waals surface area contributed by atoms with Crippen LogP contribution in [-0.4, -0.2) is 24.1 Å². The lowest BCUT2D eigenvalue weighted by Gasteiger charge is -2.30. The number of aromatic nitrogens is 5. The first kappa shape index (κ1) is 34.3. The molecule has 0 unspecified atom stereocenters. The number of benzene rings is 9. The summed E-state index contributed by atoms with van der Waals surface area (Å²) < 4.78 is 4.38. The Hall–Kier alpha value is -8.41. The highest BCUT2D eigenvalue weighted by Crippen LogP contribution is 2.63. The van der Waals surface area contributed by atoms with E-state index in [2.05, 4.69) is 203 Å². The van der Waals surface area contributed by atoms with Crippen LogP contribution in [0.4, 0.5) is 0 Å². The quantitative estimate of drug-likeness (QED) is 0.178. The van der Waals surface area contributed by atoms with Crippen LogP contribution in [0, 0.1) is 0 Å². The van der Waals surface area contributed by atoms with E-state index >= 15 is 0 Å². The average molecular weight is 802 g/mol. The first-order valence-electron chi connectivity index (χ1n) is 21.5. The van der Waals surface area contributed by atoms with Crippen molar-refractivity contribution in [3.8, 4) is 56.7 Å². The second kappa shape index (κ2) is 12.8. The van der Waals surface area contributed by atoms with E-state index in [1.54, 1.807) is 0 Å². The molecule has 0 N–H and O–H groups in total. The zero-order valence-corrected chi connectivity index (χ0v) is 33.9. The predicted octanol–water partition coefficient (Wildman–Crippen LogP) is 13.7. The molecule has 14 rings (SSSR count). The number of fused-ring (bicyclic) bond motifs is 16. The van der Waals surface area contributed by atoms with Crippen LogP contribution in [0.5, 0.6) is 0 Å². The van der Waals surface area contributed by atoms with Crippen LogP contribution in [0.3, 0.4) is 0 Å². The third-order valence-electron chi connectivity index (χ3n) is 13.6. The summed E-state index contributed by atoms with van der Waals surface area (Å²) in [5.41, 5.74) is 17.7. The van der Waals surface area contributed by atoms with E-state index in [9.17, 15) is 0 Å². The van der Waals surface area contributed by atoms with Gasteiger partial charge in [0, 0.05) is 27.1 Å². The van der Waals surface area contributed by atoms with Gasteiger partial charge in [0.1, 0.15) is 0 Å². The molecular weight excluding hydrogens is 767 g/mol. The molecule has 0 saturated carbocycles. The summed E-state index contributed by atoms with van der Waals surface area (Å²) >= 11 is 0. The Bertz CT molecular complexity index is 3770. The van der Waals surface area contributed by atoms with Crippen molar-refractivity contribution in [1.82, 2.24) is 24.1 Å². The Labute approximate surface area is 362 Å². The van der Waals surface area contributed by atoms with E-state index in [4.69, 9.17) is 15.0 Å². The van der Waals surface area contributed by atoms with Gasteiger partial charge in [-0.1, -0.05) is 176 Å². The van der Waals surface area contributed by atoms with Gasteiger partial charge < -0.3 is 0 Å². The van der Waals surface area contributed by atoms with E-state index < -0.39 is 0 Å². The van der Waals surface area contributed by atoms with Crippen LogP contribution in [0.1, 0.15) is 22.3 Å². The summed E-state index contributed by atoms with van der Waals surface area (Å²) in [7, 11) is 0. The Morgan fingerprint density at radius 1 is 0.286 bits per heavy atom. The molecule has 5 heteroatoms. The molecule has 3 aromatic heterocycles. The minimum absolute atomic E-state index is 0.365. The smallest absolute Gasteiger partial charge is 0.240 e. The van der Waals surface area contributed by atoms with Crippen LogP contribution in [0.25, 0.3) is 100 Å². The van der Waals surface area contributed by atoms with Crippen molar-refractivity contribution < 1.29 is 0 Å². The fourth-order valence-corrected chi connectivity index (χ4v) is 11.1. The van der Waals surface area contributed by atoms with Gasteiger partial charge in [-0.25, -0.2) is 0 Å². The van der Waals surface area contributed by atoms with Crippen LogP contribution in [-0.2, 0) is 5.41 Å². The van der Waals surface area contributed by atoms with Crippen molar-refractivity contribution in [2.75, 3.05) is 0 Å². The van der Waals surface area contributed by atoms with Gasteiger partial charge in [-0.05, 0) is 92.0 Å². The van der Waals surface area contributed by atoms with Crippen molar-refractivity contribution in [1.29, 1.82) is 0 Å². The lowest BCUT2D eigenvalue weighted by Crippen LogP contribution is -2.25. The van der Waals surface area contributed by atoms with Crippen molar-refractivity contribution in [3.63, 3.8) is 0 Å². The Kier molecular flexibility index (Phi) is 6.97. The van der Waals surface area contributed by atoms with Crippen molar-refractivity contribution in [2.24, 2.45) is 0 Å². The third-order valence-corrected chi connectivity index (χ3v) is 13.6. The Morgan fingerprint density at radius 2 is 0.698 bits per heavy atom. The maximum atomic E-state index is 5.36. The summed E-state index contributed by atoms with van der Waals surface area (Å²) in [6.45, 7) is 0. The summed E-state index contributed by atoms with van der Waals surface area (Å²) in [5, 5.41) is 4.59. The zero-order chi connectivity index (χ0) is 41.2. The van der Waals surface area contributed by atoms with E-state index in [-0.39, 0.29) is 5.41 Å². The summed E-state index contributed by atoms with van der Waals surface area (Å²) in [6, 6.07) is 76.7. The largest absolute Gasteiger partial charge is 0.278 e. The molecule has 0 saturated heterocycles. The molecule has 3 heterocycles. The summed E-state index contributed by atoms with van der Waals surface area (Å²) in [4.78, 5) is 15.8. The first-order chi connectivity index (χ1) is 31.3. The van der Waals surface area contributed by atoms with Crippen LogP contribution >= 0.6 is 0 Å². The zero-order valence-electron chi connectivity index (χ0n) is 33.9. The molecule has 12 aromatic rings. The van der Waals surface area contributed by atoms with Crippen molar-refractivity contribution in [3.05, 3.63) is 235 Å². The standard InChI is InChI=1S/C58H35N5/c1-2-16-36(17-3-1)55-59-56(62-51-27-13-7-21-42(51)43-22-8-14-28-52(43)62)61-57(60-55)63-53-29-15-9-23-44(53)46-35-38(31-33-54(46)63)37-30-32-50-45(34-37)41-20-6-12-26-49(41)58(50)47-24-10-4-18-39(47)40-19-5-11-25-48(40)58/h1-35H. The minimum Gasteiger partial charge on any atom is -0.278 e. The second-order valence-corrected chi connectivity index (χ2v) is 16.7. The lowest BCUT2D eigenvalue weighted by atomic mass is 9.70. The molecule has 63 heavy (non-hydrogen) atoms. The highest BCUT2D eigenvalue weighted by molar-refractivity contribution is 6.11. The van der Waals surface area contributed by atoms with Gasteiger partial charge in [-0.3, -0.25) is 9.13 Å². The molecule has 0 radical (unpaired) electrons. The van der Waals surface area contributed by atoms with E-state index in [0.29, 0.717) is 17.7 Å². The Balaban J connectivity index is 0.972. The maximum Gasteiger partial charge on any atom is 0.240 e. The molecule has 0 bridgehead atoms. The molecule has 2 aliphatic carbocycles. The van der Waals surface area contributed by atoms with E-state index in [0.717, 1.165) is 54.7 Å². The van der Waals surface area contributed by atoms with Crippen molar-refractivity contribution in [2.45, 2.75) is 5.41 Å². The number of hydrogen-bond donors (Lipinski definition) is 0. The third kappa shape index (κ3) is 4.63. The molecule has 5 nitrogen and oxygen atoms in total. The van der Waals surface area contributed by atoms with Crippen LogP contribution in [0.2, 0.25) is 0 Å². The number of rotatable bonds is 4. The monoisotopic (exact) mass is 801 g/mol. The van der Waals surface area contributed by atoms with Gasteiger partial charge in [-0.2, -0.15) is 15.0 Å². The fraction of sp³-hybridized carbons (Fsp3) is 0.0172. The molecule has 1 spiro atoms. The maximum absolute atomic E-state index is 5.36. The van der Waals surface area contributed by atoms with Gasteiger partial charge >= 0.3 is 0 Å². The van der Waals surface area contributed by atoms with Gasteiger partial charge in [0.05, 0.1) is 27.5 Å². The average Bonchev–Trinajstić information content (AvgIpc) is 4.06. The minimum atomic E-state index is -0.365. The summed E-state index contributed by atoms with van der Waals surface area (Å²) in [5.74, 6) is 1.75. The van der Waals surface area contributed by atoms with Gasteiger partial charge in [0.25, 0.3) is 0 Å². The molecule has 9 aromatic carbocycles. The fourth-order valence-electron chi connectivity index (χ4n) is 11.1. The normalized spacial score (nSPS) is 13.2. The molecule has 292 valence electrons. The van der Waals surface area contributed by atoms with Crippen molar-refractivity contribution >= 4 is 43.6 Å². The van der Waals surface area contributed by atoms with Gasteiger partial charge in [0.15, 0.2) is 5.82 Å². The topological polar surface area (TPSA) is 48.5 Å². The van der Waals surface area contributed by atoms with Crippen LogP contribution in [0.15, 0.2) is 212 Å². The lowest BCUT2D eigenvalue weighted by molar-refractivity contribution is 0.794. The SMILES string of the molecule is c1ccc(-c2nc(-n3c4ccccc4c4ccccc43)nc(-n3c4ccccc4c4cc(-c5ccc6c(c5)-c5ccccc5C65c6ccccc6-c6ccccc65)ccc43)n2)cc1. The molecule has 0 aliphatic heterocycles. The molecule has 0 atom stereocenters. The number of para-hydroxylation sites is 3. The van der Waals surface area contributed by atoms with Gasteiger partial charge in [-0.15, -0.1) is 0 Å². The van der Waals surface area contributed by atoms with Crippen LogP contribution < -0.4 is 0 Å².